The monoisotopic (exact) mass is 594 g/mol. The molecule has 11 heteroatoms. The fourth-order valence-electron chi connectivity index (χ4n) is 4.24. The maximum Gasteiger partial charge on any atom is 0.255 e. The Kier molecular flexibility index (Phi) is 9.80. The first-order valence-corrected chi connectivity index (χ1v) is 14.0. The molecule has 4 rings (SSSR count). The summed E-state index contributed by atoms with van der Waals surface area (Å²) in [6.07, 6.45) is 0. The number of nitrogens with zero attached hydrogens (tertiary/aromatic N) is 1. The summed E-state index contributed by atoms with van der Waals surface area (Å²) in [7, 11) is 4.58. The molecule has 0 spiro atoms. The second-order valence-electron chi connectivity index (χ2n) is 9.08. The summed E-state index contributed by atoms with van der Waals surface area (Å²) in [5.74, 6) is 0.829. The SMILES string of the molecule is COc1cc([C@@H]2N=C(SCC(=O)Nc3ccc(C)c(Cl)c3)NC(C)=C2C(=O)Nc2ccccc2)cc(OC)c1OC. The van der Waals surface area contributed by atoms with Gasteiger partial charge in [0.1, 0.15) is 6.04 Å². The van der Waals surface area contributed by atoms with Gasteiger partial charge in [-0.15, -0.1) is 0 Å². The summed E-state index contributed by atoms with van der Waals surface area (Å²) in [6.45, 7) is 3.69. The molecule has 3 N–H and O–H groups in total. The van der Waals surface area contributed by atoms with Gasteiger partial charge >= 0.3 is 0 Å². The predicted octanol–water partition coefficient (Wildman–Crippen LogP) is 5.96. The van der Waals surface area contributed by atoms with Crippen LogP contribution in [0, 0.1) is 6.92 Å². The Balaban J connectivity index is 1.63. The molecule has 0 aromatic heterocycles. The van der Waals surface area contributed by atoms with Crippen LogP contribution in [-0.2, 0) is 9.59 Å². The summed E-state index contributed by atoms with van der Waals surface area (Å²) in [6, 6.07) is 17.3. The number of thioether (sulfide) groups is 1. The molecule has 214 valence electrons. The Morgan fingerprint density at radius 3 is 2.22 bits per heavy atom. The number of carbonyl (C=O) groups is 2. The minimum absolute atomic E-state index is 0.0815. The summed E-state index contributed by atoms with van der Waals surface area (Å²) in [4.78, 5) is 31.1. The van der Waals surface area contributed by atoms with Crippen molar-refractivity contribution in [2.75, 3.05) is 37.7 Å². The van der Waals surface area contributed by atoms with Gasteiger partial charge in [0.05, 0.1) is 32.7 Å². The van der Waals surface area contributed by atoms with Crippen LogP contribution in [0.1, 0.15) is 24.1 Å². The summed E-state index contributed by atoms with van der Waals surface area (Å²) in [5.41, 5.74) is 3.84. The van der Waals surface area contributed by atoms with Crippen molar-refractivity contribution in [3.8, 4) is 17.2 Å². The van der Waals surface area contributed by atoms with Crippen molar-refractivity contribution in [3.05, 3.63) is 88.1 Å². The Hall–Kier alpha value is -4.15. The van der Waals surface area contributed by atoms with E-state index in [1.807, 2.05) is 43.3 Å². The number of allylic oxidation sites excluding steroid dienone is 1. The first-order valence-electron chi connectivity index (χ1n) is 12.6. The molecule has 0 bridgehead atoms. The number of hydrogen-bond acceptors (Lipinski definition) is 8. The highest BCUT2D eigenvalue weighted by Gasteiger charge is 2.31. The minimum Gasteiger partial charge on any atom is -0.493 e. The summed E-state index contributed by atoms with van der Waals surface area (Å²) < 4.78 is 16.6. The van der Waals surface area contributed by atoms with Gasteiger partial charge in [0.25, 0.3) is 5.91 Å². The molecule has 0 saturated carbocycles. The summed E-state index contributed by atoms with van der Waals surface area (Å²) in [5, 5.41) is 10.0. The number of hydrogen-bond donors (Lipinski definition) is 3. The quantitative estimate of drug-likeness (QED) is 0.280. The van der Waals surface area contributed by atoms with Crippen molar-refractivity contribution in [3.63, 3.8) is 0 Å². The van der Waals surface area contributed by atoms with E-state index in [4.69, 9.17) is 30.8 Å². The predicted molar refractivity (Wildman–Crippen MR) is 164 cm³/mol. The van der Waals surface area contributed by atoms with Crippen molar-refractivity contribution in [1.29, 1.82) is 0 Å². The van der Waals surface area contributed by atoms with Crippen LogP contribution in [0.3, 0.4) is 0 Å². The van der Waals surface area contributed by atoms with Gasteiger partial charge in [0, 0.05) is 22.1 Å². The maximum absolute atomic E-state index is 13.6. The van der Waals surface area contributed by atoms with Gasteiger partial charge in [-0.1, -0.05) is 47.6 Å². The lowest BCUT2D eigenvalue weighted by Gasteiger charge is -2.27. The smallest absolute Gasteiger partial charge is 0.255 e. The largest absolute Gasteiger partial charge is 0.493 e. The molecule has 2 amide bonds. The Morgan fingerprint density at radius 2 is 1.61 bits per heavy atom. The topological polar surface area (TPSA) is 110 Å². The highest BCUT2D eigenvalue weighted by Crippen LogP contribution is 2.43. The molecule has 9 nitrogen and oxygen atoms in total. The maximum atomic E-state index is 13.6. The number of aryl methyl sites for hydroxylation is 1. The summed E-state index contributed by atoms with van der Waals surface area (Å²) >= 11 is 7.41. The number of carbonyl (C=O) groups excluding carboxylic acids is 2. The lowest BCUT2D eigenvalue weighted by atomic mass is 9.95. The molecular formula is C30H31ClN4O5S. The number of amides is 2. The third-order valence-corrected chi connectivity index (χ3v) is 7.59. The van der Waals surface area contributed by atoms with E-state index in [2.05, 4.69) is 16.0 Å². The fraction of sp³-hybridized carbons (Fsp3) is 0.233. The van der Waals surface area contributed by atoms with Gasteiger partial charge in [-0.3, -0.25) is 9.59 Å². The number of anilines is 2. The van der Waals surface area contributed by atoms with E-state index < -0.39 is 6.04 Å². The number of methoxy groups -OCH3 is 3. The van der Waals surface area contributed by atoms with Crippen molar-refractivity contribution >= 4 is 51.7 Å². The molecule has 1 heterocycles. The zero-order chi connectivity index (χ0) is 29.5. The van der Waals surface area contributed by atoms with Crippen LogP contribution in [0.5, 0.6) is 17.2 Å². The number of para-hydroxylation sites is 1. The van der Waals surface area contributed by atoms with Crippen molar-refractivity contribution in [1.82, 2.24) is 5.32 Å². The molecule has 0 unspecified atom stereocenters. The molecule has 1 aliphatic heterocycles. The second-order valence-corrected chi connectivity index (χ2v) is 10.5. The molecule has 0 aliphatic carbocycles. The zero-order valence-corrected chi connectivity index (χ0v) is 24.9. The third-order valence-electron chi connectivity index (χ3n) is 6.29. The molecular weight excluding hydrogens is 564 g/mol. The molecule has 1 atom stereocenters. The number of nitrogens with one attached hydrogen (secondary N) is 3. The average molecular weight is 595 g/mol. The number of ether oxygens (including phenoxy) is 3. The molecule has 3 aromatic rings. The van der Waals surface area contributed by atoms with E-state index in [9.17, 15) is 9.59 Å². The normalized spacial score (nSPS) is 14.5. The van der Waals surface area contributed by atoms with Crippen molar-refractivity contribution in [2.24, 2.45) is 4.99 Å². The number of halogens is 1. The van der Waals surface area contributed by atoms with Crippen molar-refractivity contribution in [2.45, 2.75) is 19.9 Å². The highest BCUT2D eigenvalue weighted by molar-refractivity contribution is 8.14. The second kappa shape index (κ2) is 13.5. The van der Waals surface area contributed by atoms with Gasteiger partial charge in [0.2, 0.25) is 11.7 Å². The number of aliphatic imine (C=N–C) groups is 1. The molecule has 0 radical (unpaired) electrons. The van der Waals surface area contributed by atoms with Crippen LogP contribution in [0.25, 0.3) is 0 Å². The number of rotatable bonds is 9. The van der Waals surface area contributed by atoms with Crippen molar-refractivity contribution < 1.29 is 23.8 Å². The third kappa shape index (κ3) is 7.14. The van der Waals surface area contributed by atoms with Gasteiger partial charge in [0.15, 0.2) is 16.7 Å². The molecule has 3 aromatic carbocycles. The van der Waals surface area contributed by atoms with Gasteiger partial charge < -0.3 is 30.2 Å². The van der Waals surface area contributed by atoms with Crippen LogP contribution >= 0.6 is 23.4 Å². The average Bonchev–Trinajstić information content (AvgIpc) is 2.97. The molecule has 0 saturated heterocycles. The van der Waals surface area contributed by atoms with Crippen LogP contribution in [0.2, 0.25) is 5.02 Å². The number of amidine groups is 1. The van der Waals surface area contributed by atoms with E-state index in [1.54, 1.807) is 31.2 Å². The van der Waals surface area contributed by atoms with E-state index in [-0.39, 0.29) is 17.6 Å². The van der Waals surface area contributed by atoms with E-state index in [0.717, 1.165) is 5.56 Å². The molecule has 0 fully saturated rings. The molecule has 1 aliphatic rings. The van der Waals surface area contributed by atoms with E-state index in [0.29, 0.717) is 55.6 Å². The Labute approximate surface area is 248 Å². The Bertz CT molecular complexity index is 1480. The van der Waals surface area contributed by atoms with Crippen LogP contribution in [0.4, 0.5) is 11.4 Å². The standard InChI is InChI=1S/C30H31ClN4O5S/c1-17-11-12-21(15-22(17)31)33-25(36)16-41-30-32-18(2)26(29(37)34-20-9-7-6-8-10-20)27(35-30)19-13-23(38-3)28(40-5)24(14-19)39-4/h6-15,27H,16H2,1-5H3,(H,32,35)(H,33,36)(H,34,37)/t27-/m0/s1. The highest BCUT2D eigenvalue weighted by atomic mass is 35.5. The van der Waals surface area contributed by atoms with E-state index >= 15 is 0 Å². The van der Waals surface area contributed by atoms with E-state index in [1.165, 1.54) is 33.1 Å². The minimum atomic E-state index is -0.727. The first kappa shape index (κ1) is 29.8. The van der Waals surface area contributed by atoms with Crippen LogP contribution < -0.4 is 30.2 Å². The van der Waals surface area contributed by atoms with Gasteiger partial charge in [-0.2, -0.15) is 0 Å². The Morgan fingerprint density at radius 1 is 0.927 bits per heavy atom. The fourth-order valence-corrected chi connectivity index (χ4v) is 5.16. The molecule has 41 heavy (non-hydrogen) atoms. The van der Waals surface area contributed by atoms with Gasteiger partial charge in [-0.05, 0) is 61.4 Å². The first-order chi connectivity index (χ1) is 19.7. The van der Waals surface area contributed by atoms with Gasteiger partial charge in [-0.25, -0.2) is 4.99 Å². The van der Waals surface area contributed by atoms with Crippen LogP contribution in [0.15, 0.2) is 76.9 Å². The zero-order valence-electron chi connectivity index (χ0n) is 23.3. The number of benzene rings is 3. The van der Waals surface area contributed by atoms with Crippen LogP contribution in [-0.4, -0.2) is 44.1 Å². The lowest BCUT2D eigenvalue weighted by Crippen LogP contribution is -2.32. The lowest BCUT2D eigenvalue weighted by molar-refractivity contribution is -0.114.